The highest BCUT2D eigenvalue weighted by Gasteiger charge is 2.20. The van der Waals surface area contributed by atoms with Gasteiger partial charge in [0, 0.05) is 5.56 Å². The maximum Gasteiger partial charge on any atom is 0.252 e. The van der Waals surface area contributed by atoms with Gasteiger partial charge in [0.2, 0.25) is 5.91 Å². The summed E-state index contributed by atoms with van der Waals surface area (Å²) in [7, 11) is 0. The predicted molar refractivity (Wildman–Crippen MR) is 92.6 cm³/mol. The number of nitrogens with one attached hydrogen (secondary N) is 1. The third-order valence-corrected chi connectivity index (χ3v) is 3.39. The Balaban J connectivity index is 2.06. The van der Waals surface area contributed by atoms with Crippen LogP contribution in [0, 0.1) is 5.92 Å². The molecule has 0 bridgehead atoms. The van der Waals surface area contributed by atoms with E-state index < -0.39 is 11.9 Å². The summed E-state index contributed by atoms with van der Waals surface area (Å²) >= 11 is 0. The van der Waals surface area contributed by atoms with Crippen LogP contribution < -0.4 is 15.8 Å². The molecule has 5 nitrogen and oxygen atoms in total. The van der Waals surface area contributed by atoms with Crippen molar-refractivity contribution >= 4 is 11.8 Å². The van der Waals surface area contributed by atoms with E-state index in [1.807, 2.05) is 6.07 Å². The molecule has 0 aliphatic rings. The Labute approximate surface area is 141 Å². The van der Waals surface area contributed by atoms with E-state index in [2.05, 4.69) is 19.2 Å². The van der Waals surface area contributed by atoms with Gasteiger partial charge in [-0.05, 0) is 35.7 Å². The van der Waals surface area contributed by atoms with E-state index in [4.69, 9.17) is 10.5 Å². The number of carbonyl (C=O) groups excluding carboxylic acids is 2. The van der Waals surface area contributed by atoms with Gasteiger partial charge in [-0.3, -0.25) is 9.59 Å². The molecule has 3 N–H and O–H groups in total. The smallest absolute Gasteiger partial charge is 0.252 e. The highest BCUT2D eigenvalue weighted by molar-refractivity contribution is 5.97. The first-order valence-corrected chi connectivity index (χ1v) is 7.85. The summed E-state index contributed by atoms with van der Waals surface area (Å²) in [5.74, 6) is 0.162. The van der Waals surface area contributed by atoms with Crippen molar-refractivity contribution in [2.45, 2.75) is 19.9 Å². The van der Waals surface area contributed by atoms with Crippen LogP contribution in [0.3, 0.4) is 0 Å². The molecule has 0 aliphatic heterocycles. The molecule has 0 aromatic heterocycles. The van der Waals surface area contributed by atoms with Gasteiger partial charge in [0.25, 0.3) is 5.91 Å². The zero-order valence-corrected chi connectivity index (χ0v) is 13.9. The van der Waals surface area contributed by atoms with Crippen LogP contribution in [0.5, 0.6) is 5.75 Å². The van der Waals surface area contributed by atoms with Crippen LogP contribution in [0.1, 0.15) is 35.8 Å². The molecule has 0 spiro atoms. The molecule has 126 valence electrons. The van der Waals surface area contributed by atoms with Gasteiger partial charge in [-0.15, -0.1) is 0 Å². The van der Waals surface area contributed by atoms with Gasteiger partial charge in [0.1, 0.15) is 11.8 Å². The molecule has 2 rings (SSSR count). The summed E-state index contributed by atoms with van der Waals surface area (Å²) in [6.45, 7) is 4.74. The zero-order chi connectivity index (χ0) is 17.5. The quantitative estimate of drug-likeness (QED) is 0.821. The topological polar surface area (TPSA) is 81.4 Å². The van der Waals surface area contributed by atoms with E-state index in [1.165, 1.54) is 0 Å². The monoisotopic (exact) mass is 326 g/mol. The van der Waals surface area contributed by atoms with E-state index in [0.717, 1.165) is 0 Å². The van der Waals surface area contributed by atoms with Crippen molar-refractivity contribution < 1.29 is 14.3 Å². The van der Waals surface area contributed by atoms with Gasteiger partial charge in [-0.25, -0.2) is 0 Å². The largest absolute Gasteiger partial charge is 0.493 e. The molecule has 1 atom stereocenters. The first-order chi connectivity index (χ1) is 11.5. The number of nitrogens with two attached hydrogens (primary N) is 1. The number of hydrogen-bond acceptors (Lipinski definition) is 3. The Morgan fingerprint density at radius 3 is 2.21 bits per heavy atom. The molecular formula is C19H22N2O3. The van der Waals surface area contributed by atoms with Gasteiger partial charge in [0.05, 0.1) is 6.61 Å². The van der Waals surface area contributed by atoms with Crippen LogP contribution in [0.15, 0.2) is 54.6 Å². The molecular weight excluding hydrogens is 304 g/mol. The molecule has 0 aliphatic carbocycles. The van der Waals surface area contributed by atoms with Crippen molar-refractivity contribution in [3.8, 4) is 5.75 Å². The average Bonchev–Trinajstić information content (AvgIpc) is 2.58. The molecule has 0 radical (unpaired) electrons. The number of primary amides is 1. The van der Waals surface area contributed by atoms with Crippen LogP contribution in [-0.4, -0.2) is 18.4 Å². The summed E-state index contributed by atoms with van der Waals surface area (Å²) in [5.41, 5.74) is 6.50. The lowest BCUT2D eigenvalue weighted by Crippen LogP contribution is -2.37. The Morgan fingerprint density at radius 2 is 1.67 bits per heavy atom. The Morgan fingerprint density at radius 1 is 1.04 bits per heavy atom. The SMILES string of the molecule is CC(C)COc1ccc(C(=O)N[C@H](C(N)=O)c2ccccc2)cc1. The molecule has 2 aromatic carbocycles. The lowest BCUT2D eigenvalue weighted by atomic mass is 10.1. The van der Waals surface area contributed by atoms with Crippen LogP contribution in [-0.2, 0) is 4.79 Å². The molecule has 5 heteroatoms. The number of benzene rings is 2. The maximum atomic E-state index is 12.4. The van der Waals surface area contributed by atoms with E-state index in [0.29, 0.717) is 29.4 Å². The van der Waals surface area contributed by atoms with Crippen LogP contribution in [0.25, 0.3) is 0 Å². The van der Waals surface area contributed by atoms with Gasteiger partial charge in [0.15, 0.2) is 0 Å². The number of carbonyl (C=O) groups is 2. The van der Waals surface area contributed by atoms with Crippen molar-refractivity contribution in [1.82, 2.24) is 5.32 Å². The minimum absolute atomic E-state index is 0.363. The first-order valence-electron chi connectivity index (χ1n) is 7.85. The molecule has 0 saturated heterocycles. The average molecular weight is 326 g/mol. The third-order valence-electron chi connectivity index (χ3n) is 3.39. The molecule has 0 heterocycles. The van der Waals surface area contributed by atoms with E-state index >= 15 is 0 Å². The minimum Gasteiger partial charge on any atom is -0.493 e. The number of hydrogen-bond donors (Lipinski definition) is 2. The van der Waals surface area contributed by atoms with Crippen molar-refractivity contribution in [2.75, 3.05) is 6.61 Å². The van der Waals surface area contributed by atoms with Crippen molar-refractivity contribution in [3.05, 3.63) is 65.7 Å². The highest BCUT2D eigenvalue weighted by Crippen LogP contribution is 2.16. The fourth-order valence-electron chi connectivity index (χ4n) is 2.14. The van der Waals surface area contributed by atoms with Crippen LogP contribution >= 0.6 is 0 Å². The second-order valence-electron chi connectivity index (χ2n) is 5.95. The van der Waals surface area contributed by atoms with E-state index in [9.17, 15) is 9.59 Å². The summed E-state index contributed by atoms with van der Waals surface area (Å²) in [5, 5.41) is 2.66. The van der Waals surface area contributed by atoms with Crippen LogP contribution in [0.4, 0.5) is 0 Å². The van der Waals surface area contributed by atoms with Gasteiger partial charge < -0.3 is 15.8 Å². The third kappa shape index (κ3) is 4.84. The van der Waals surface area contributed by atoms with Gasteiger partial charge >= 0.3 is 0 Å². The van der Waals surface area contributed by atoms with Gasteiger partial charge in [-0.2, -0.15) is 0 Å². The standard InChI is InChI=1S/C19H22N2O3/c1-13(2)12-24-16-10-8-15(9-11-16)19(23)21-17(18(20)22)14-6-4-3-5-7-14/h3-11,13,17H,12H2,1-2H3,(H2,20,22)(H,21,23)/t17-/m0/s1. The summed E-state index contributed by atoms with van der Waals surface area (Å²) in [6.07, 6.45) is 0. The van der Waals surface area contributed by atoms with E-state index in [-0.39, 0.29) is 5.91 Å². The zero-order valence-electron chi connectivity index (χ0n) is 13.9. The lowest BCUT2D eigenvalue weighted by molar-refractivity contribution is -0.120. The maximum absolute atomic E-state index is 12.4. The predicted octanol–water partition coefficient (Wildman–Crippen LogP) is 2.68. The second kappa shape index (κ2) is 8.15. The molecule has 2 aromatic rings. The summed E-state index contributed by atoms with van der Waals surface area (Å²) in [6, 6.07) is 14.8. The molecule has 0 unspecified atom stereocenters. The molecule has 2 amide bonds. The second-order valence-corrected chi connectivity index (χ2v) is 5.95. The Bertz CT molecular complexity index is 682. The van der Waals surface area contributed by atoms with Crippen molar-refractivity contribution in [3.63, 3.8) is 0 Å². The minimum atomic E-state index is -0.865. The fourth-order valence-corrected chi connectivity index (χ4v) is 2.14. The fraction of sp³-hybridized carbons (Fsp3) is 0.263. The first kappa shape index (κ1) is 17.5. The number of rotatable bonds is 7. The highest BCUT2D eigenvalue weighted by atomic mass is 16.5. The van der Waals surface area contributed by atoms with Gasteiger partial charge in [-0.1, -0.05) is 44.2 Å². The number of ether oxygens (including phenoxy) is 1. The summed E-state index contributed by atoms with van der Waals surface area (Å²) in [4.78, 5) is 24.0. The normalized spacial score (nSPS) is 11.8. The van der Waals surface area contributed by atoms with Crippen molar-refractivity contribution in [2.24, 2.45) is 11.7 Å². The van der Waals surface area contributed by atoms with E-state index in [1.54, 1.807) is 48.5 Å². The van der Waals surface area contributed by atoms with Crippen molar-refractivity contribution in [1.29, 1.82) is 0 Å². The molecule has 0 fully saturated rings. The number of amides is 2. The molecule has 24 heavy (non-hydrogen) atoms. The summed E-state index contributed by atoms with van der Waals surface area (Å²) < 4.78 is 5.58. The molecule has 0 saturated carbocycles. The van der Waals surface area contributed by atoms with Crippen LogP contribution in [0.2, 0.25) is 0 Å². The Hall–Kier alpha value is -2.82. The Kier molecular flexibility index (Phi) is 5.95. The lowest BCUT2D eigenvalue weighted by Gasteiger charge is -2.16.